The van der Waals surface area contributed by atoms with E-state index in [9.17, 15) is 5.11 Å². The van der Waals surface area contributed by atoms with E-state index in [1.807, 2.05) is 4.90 Å². The molecule has 2 heterocycles. The number of hydrogen-bond acceptors (Lipinski definition) is 4. The summed E-state index contributed by atoms with van der Waals surface area (Å²) in [6.07, 6.45) is 3.66. The van der Waals surface area contributed by atoms with Gasteiger partial charge in [-0.2, -0.15) is 0 Å². The van der Waals surface area contributed by atoms with Crippen molar-refractivity contribution in [2.45, 2.75) is 12.5 Å². The zero-order valence-electron chi connectivity index (χ0n) is 7.02. The fourth-order valence-corrected chi connectivity index (χ4v) is 1.49. The van der Waals surface area contributed by atoms with Crippen LogP contribution in [0.2, 0.25) is 5.02 Å². The molecule has 0 radical (unpaired) electrons. The monoisotopic (exact) mass is 199 g/mol. The molecule has 0 aliphatic carbocycles. The summed E-state index contributed by atoms with van der Waals surface area (Å²) in [5.74, 6) is 0.640. The molecule has 0 aromatic carbocycles. The molecule has 5 heteroatoms. The minimum Gasteiger partial charge on any atom is -0.391 e. The second-order valence-corrected chi connectivity index (χ2v) is 3.53. The molecule has 1 aliphatic heterocycles. The lowest BCUT2D eigenvalue weighted by Gasteiger charge is -2.14. The van der Waals surface area contributed by atoms with Crippen LogP contribution < -0.4 is 4.90 Å². The van der Waals surface area contributed by atoms with Crippen LogP contribution in [0.15, 0.2) is 12.4 Å². The number of anilines is 1. The molecule has 13 heavy (non-hydrogen) atoms. The van der Waals surface area contributed by atoms with Crippen molar-refractivity contribution >= 4 is 17.5 Å². The van der Waals surface area contributed by atoms with Gasteiger partial charge in [-0.15, -0.1) is 0 Å². The maximum Gasteiger partial charge on any atom is 0.225 e. The number of rotatable bonds is 1. The molecular weight excluding hydrogens is 190 g/mol. The molecular formula is C8H10ClN3O. The van der Waals surface area contributed by atoms with Crippen LogP contribution in [0.3, 0.4) is 0 Å². The maximum atomic E-state index is 9.29. The smallest absolute Gasteiger partial charge is 0.225 e. The van der Waals surface area contributed by atoms with E-state index in [-0.39, 0.29) is 6.10 Å². The van der Waals surface area contributed by atoms with Crippen LogP contribution in [0, 0.1) is 0 Å². The average Bonchev–Trinajstić information content (AvgIpc) is 2.53. The third-order valence-electron chi connectivity index (χ3n) is 2.05. The predicted molar refractivity (Wildman–Crippen MR) is 49.9 cm³/mol. The standard InChI is InChI=1S/C8H10ClN3O/c9-6-3-10-8(11-4-6)12-2-1-7(13)5-12/h3-4,7,13H,1-2,5H2. The Morgan fingerprint density at radius 1 is 1.46 bits per heavy atom. The minimum absolute atomic E-state index is 0.251. The Morgan fingerprint density at radius 3 is 2.69 bits per heavy atom. The molecule has 4 nitrogen and oxygen atoms in total. The van der Waals surface area contributed by atoms with Gasteiger partial charge in [-0.3, -0.25) is 0 Å². The number of aliphatic hydroxyl groups excluding tert-OH is 1. The summed E-state index contributed by atoms with van der Waals surface area (Å²) in [7, 11) is 0. The van der Waals surface area contributed by atoms with E-state index in [2.05, 4.69) is 9.97 Å². The highest BCUT2D eigenvalue weighted by atomic mass is 35.5. The predicted octanol–water partition coefficient (Wildman–Crippen LogP) is 0.701. The van der Waals surface area contributed by atoms with Crippen LogP contribution in [0.5, 0.6) is 0 Å². The molecule has 1 saturated heterocycles. The molecule has 2 rings (SSSR count). The van der Waals surface area contributed by atoms with Gasteiger partial charge in [0.15, 0.2) is 0 Å². The molecule has 1 aromatic rings. The molecule has 1 N–H and O–H groups in total. The van der Waals surface area contributed by atoms with Gasteiger partial charge in [-0.25, -0.2) is 9.97 Å². The van der Waals surface area contributed by atoms with E-state index in [0.717, 1.165) is 13.0 Å². The lowest BCUT2D eigenvalue weighted by molar-refractivity contribution is 0.198. The van der Waals surface area contributed by atoms with Gasteiger partial charge in [0.1, 0.15) is 0 Å². The first-order chi connectivity index (χ1) is 6.25. The van der Waals surface area contributed by atoms with Crippen molar-refractivity contribution in [3.8, 4) is 0 Å². The summed E-state index contributed by atoms with van der Waals surface area (Å²) >= 11 is 5.65. The molecule has 1 atom stereocenters. The third kappa shape index (κ3) is 1.89. The number of β-amino-alcohol motifs (C(OH)–C–C–N with tert-alkyl or cyclic N) is 1. The summed E-state index contributed by atoms with van der Waals surface area (Å²) in [6.45, 7) is 1.42. The molecule has 0 amide bonds. The topological polar surface area (TPSA) is 49.2 Å². The second kappa shape index (κ2) is 3.47. The van der Waals surface area contributed by atoms with Gasteiger partial charge in [0.05, 0.1) is 23.5 Å². The van der Waals surface area contributed by atoms with Gasteiger partial charge in [0.2, 0.25) is 5.95 Å². The second-order valence-electron chi connectivity index (χ2n) is 3.09. The molecule has 1 unspecified atom stereocenters. The van der Waals surface area contributed by atoms with Crippen molar-refractivity contribution in [3.05, 3.63) is 17.4 Å². The quantitative estimate of drug-likeness (QED) is 0.724. The molecule has 0 bridgehead atoms. The minimum atomic E-state index is -0.251. The van der Waals surface area contributed by atoms with Crippen molar-refractivity contribution in [1.29, 1.82) is 0 Å². The Hall–Kier alpha value is -0.870. The van der Waals surface area contributed by atoms with Gasteiger partial charge in [0.25, 0.3) is 0 Å². The van der Waals surface area contributed by atoms with Crippen molar-refractivity contribution in [1.82, 2.24) is 9.97 Å². The highest BCUT2D eigenvalue weighted by Crippen LogP contribution is 2.16. The first-order valence-electron chi connectivity index (χ1n) is 4.16. The van der Waals surface area contributed by atoms with Crippen LogP contribution in [-0.4, -0.2) is 34.3 Å². The molecule has 1 aliphatic rings. The van der Waals surface area contributed by atoms with Crippen LogP contribution in [0.1, 0.15) is 6.42 Å². The lowest BCUT2D eigenvalue weighted by Crippen LogP contribution is -2.23. The normalized spacial score (nSPS) is 22.3. The molecule has 1 fully saturated rings. The van der Waals surface area contributed by atoms with Gasteiger partial charge < -0.3 is 10.0 Å². The molecule has 0 saturated carbocycles. The van der Waals surface area contributed by atoms with E-state index < -0.39 is 0 Å². The zero-order chi connectivity index (χ0) is 9.26. The fraction of sp³-hybridized carbons (Fsp3) is 0.500. The Labute approximate surface area is 81.2 Å². The summed E-state index contributed by atoms with van der Waals surface area (Å²) in [6, 6.07) is 0. The number of aliphatic hydroxyl groups is 1. The van der Waals surface area contributed by atoms with Gasteiger partial charge >= 0.3 is 0 Å². The maximum absolute atomic E-state index is 9.29. The Balaban J connectivity index is 2.13. The first kappa shape index (κ1) is 8.72. The van der Waals surface area contributed by atoms with Crippen molar-refractivity contribution in [2.24, 2.45) is 0 Å². The summed E-state index contributed by atoms with van der Waals surface area (Å²) in [5, 5.41) is 9.82. The highest BCUT2D eigenvalue weighted by Gasteiger charge is 2.21. The van der Waals surface area contributed by atoms with Crippen LogP contribution in [-0.2, 0) is 0 Å². The molecule has 70 valence electrons. The van der Waals surface area contributed by atoms with Gasteiger partial charge in [-0.05, 0) is 6.42 Å². The Bertz CT molecular complexity index is 290. The van der Waals surface area contributed by atoms with Crippen molar-refractivity contribution in [2.75, 3.05) is 18.0 Å². The Kier molecular flexibility index (Phi) is 2.33. The first-order valence-corrected chi connectivity index (χ1v) is 4.54. The van der Waals surface area contributed by atoms with E-state index in [1.165, 1.54) is 0 Å². The lowest BCUT2D eigenvalue weighted by atomic mass is 10.3. The van der Waals surface area contributed by atoms with E-state index in [0.29, 0.717) is 17.5 Å². The molecule has 1 aromatic heterocycles. The molecule has 0 spiro atoms. The van der Waals surface area contributed by atoms with Crippen LogP contribution in [0.4, 0.5) is 5.95 Å². The van der Waals surface area contributed by atoms with E-state index >= 15 is 0 Å². The average molecular weight is 200 g/mol. The SMILES string of the molecule is OC1CCN(c2ncc(Cl)cn2)C1. The third-order valence-corrected chi connectivity index (χ3v) is 2.25. The van der Waals surface area contributed by atoms with Crippen molar-refractivity contribution in [3.63, 3.8) is 0 Å². The summed E-state index contributed by atoms with van der Waals surface area (Å²) < 4.78 is 0. The fourth-order valence-electron chi connectivity index (χ4n) is 1.39. The van der Waals surface area contributed by atoms with Crippen LogP contribution in [0.25, 0.3) is 0 Å². The number of aromatic nitrogens is 2. The summed E-state index contributed by atoms with van der Waals surface area (Å²) in [5.41, 5.74) is 0. The summed E-state index contributed by atoms with van der Waals surface area (Å²) in [4.78, 5) is 10.1. The highest BCUT2D eigenvalue weighted by molar-refractivity contribution is 6.30. The largest absolute Gasteiger partial charge is 0.391 e. The van der Waals surface area contributed by atoms with Gasteiger partial charge in [0, 0.05) is 13.1 Å². The van der Waals surface area contributed by atoms with E-state index in [4.69, 9.17) is 11.6 Å². The number of hydrogen-bond donors (Lipinski definition) is 1. The van der Waals surface area contributed by atoms with E-state index in [1.54, 1.807) is 12.4 Å². The Morgan fingerprint density at radius 2 is 2.15 bits per heavy atom. The number of nitrogens with zero attached hydrogens (tertiary/aromatic N) is 3. The number of halogens is 1. The van der Waals surface area contributed by atoms with Gasteiger partial charge in [-0.1, -0.05) is 11.6 Å². The van der Waals surface area contributed by atoms with Crippen molar-refractivity contribution < 1.29 is 5.11 Å². The zero-order valence-corrected chi connectivity index (χ0v) is 7.78. The van der Waals surface area contributed by atoms with Crippen LogP contribution >= 0.6 is 11.6 Å².